The molecule has 4 aromatic rings. The Morgan fingerprint density at radius 2 is 1.75 bits per heavy atom. The van der Waals surface area contributed by atoms with Crippen molar-refractivity contribution in [1.29, 1.82) is 0 Å². The van der Waals surface area contributed by atoms with E-state index in [1.165, 1.54) is 0 Å². The van der Waals surface area contributed by atoms with Gasteiger partial charge in [-0.2, -0.15) is 4.98 Å². The molecule has 5 rings (SSSR count). The van der Waals surface area contributed by atoms with Gasteiger partial charge in [0.25, 0.3) is 6.01 Å². The Morgan fingerprint density at radius 3 is 2.50 bits per heavy atom. The minimum atomic E-state index is -0.867. The Hall–Kier alpha value is -3.76. The average Bonchev–Trinajstić information content (AvgIpc) is 3.21. The van der Waals surface area contributed by atoms with Crippen molar-refractivity contribution in [3.8, 4) is 11.1 Å². The monoisotopic (exact) mass is 433 g/mol. The number of fused-ring (bicyclic) bond motifs is 2. The van der Waals surface area contributed by atoms with Crippen LogP contribution in [0.4, 0.5) is 11.8 Å². The maximum Gasteiger partial charge on any atom is 0.292 e. The van der Waals surface area contributed by atoms with Gasteiger partial charge in [0.1, 0.15) is 17.4 Å². The van der Waals surface area contributed by atoms with Crippen LogP contribution in [0.15, 0.2) is 47.0 Å². The second-order valence-electron chi connectivity index (χ2n) is 7.77. The van der Waals surface area contributed by atoms with Crippen LogP contribution in [0.5, 0.6) is 0 Å². The number of hydrogen-bond acceptors (Lipinski definition) is 9. The average molecular weight is 433 g/mol. The van der Waals surface area contributed by atoms with Gasteiger partial charge in [0.2, 0.25) is 5.91 Å². The predicted octanol–water partition coefficient (Wildman–Crippen LogP) is 0.988. The molecular weight excluding hydrogens is 410 g/mol. The van der Waals surface area contributed by atoms with E-state index in [-0.39, 0.29) is 18.5 Å². The van der Waals surface area contributed by atoms with E-state index in [1.54, 1.807) is 11.1 Å². The van der Waals surface area contributed by atoms with Gasteiger partial charge in [-0.3, -0.25) is 9.78 Å². The van der Waals surface area contributed by atoms with Crippen LogP contribution in [0.1, 0.15) is 0 Å². The quantitative estimate of drug-likeness (QED) is 0.428. The van der Waals surface area contributed by atoms with Crippen molar-refractivity contribution in [3.63, 3.8) is 0 Å². The number of aliphatic hydroxyl groups excluding tert-OH is 1. The number of nitrogens with zero attached hydrogens (tertiary/aromatic N) is 5. The number of carbonyl (C=O) groups is 1. The van der Waals surface area contributed by atoms with Gasteiger partial charge in [-0.05, 0) is 35.4 Å². The van der Waals surface area contributed by atoms with Gasteiger partial charge in [-0.15, -0.1) is 0 Å². The number of nitrogens with two attached hydrogens (primary N) is 2. The molecule has 10 heteroatoms. The number of aliphatic hydroxyl groups is 1. The number of anilines is 2. The van der Waals surface area contributed by atoms with Crippen molar-refractivity contribution in [3.05, 3.63) is 42.6 Å². The summed E-state index contributed by atoms with van der Waals surface area (Å²) in [5, 5.41) is 9.11. The summed E-state index contributed by atoms with van der Waals surface area (Å²) in [4.78, 5) is 29.5. The van der Waals surface area contributed by atoms with E-state index in [4.69, 9.17) is 26.0 Å². The van der Waals surface area contributed by atoms with E-state index in [9.17, 15) is 4.79 Å². The molecule has 0 saturated carbocycles. The summed E-state index contributed by atoms with van der Waals surface area (Å²) in [5.41, 5.74) is 16.2. The fourth-order valence-electron chi connectivity index (χ4n) is 3.93. The minimum Gasteiger partial charge on any atom is -0.424 e. The lowest BCUT2D eigenvalue weighted by molar-refractivity contribution is -0.133. The van der Waals surface area contributed by atoms with Crippen LogP contribution in [-0.2, 0) is 4.79 Å². The number of carbonyl (C=O) groups excluding carboxylic acids is 1. The Morgan fingerprint density at radius 1 is 1.03 bits per heavy atom. The highest BCUT2D eigenvalue weighted by Crippen LogP contribution is 2.28. The highest BCUT2D eigenvalue weighted by atomic mass is 16.4. The van der Waals surface area contributed by atoms with Crippen LogP contribution in [-0.4, -0.2) is 69.7 Å². The van der Waals surface area contributed by atoms with E-state index < -0.39 is 6.04 Å². The Balaban J connectivity index is 1.38. The normalized spacial score (nSPS) is 15.4. The van der Waals surface area contributed by atoms with Crippen LogP contribution in [0.2, 0.25) is 0 Å². The third kappa shape index (κ3) is 3.70. The van der Waals surface area contributed by atoms with E-state index in [1.807, 2.05) is 36.4 Å². The maximum absolute atomic E-state index is 12.2. The third-order valence-corrected chi connectivity index (χ3v) is 5.70. The van der Waals surface area contributed by atoms with Gasteiger partial charge in [0.15, 0.2) is 5.58 Å². The number of benzene rings is 2. The highest BCUT2D eigenvalue weighted by molar-refractivity contribution is 5.86. The molecule has 2 aromatic heterocycles. The fraction of sp³-hybridized carbons (Fsp3) is 0.273. The Bertz CT molecular complexity index is 1300. The van der Waals surface area contributed by atoms with Gasteiger partial charge in [0, 0.05) is 26.2 Å². The zero-order valence-corrected chi connectivity index (χ0v) is 17.3. The molecule has 1 amide bonds. The second kappa shape index (κ2) is 8.06. The lowest BCUT2D eigenvalue weighted by Gasteiger charge is -2.36. The lowest BCUT2D eigenvalue weighted by atomic mass is 10.0. The lowest BCUT2D eigenvalue weighted by Crippen LogP contribution is -2.54. The largest absolute Gasteiger partial charge is 0.424 e. The smallest absolute Gasteiger partial charge is 0.292 e. The maximum atomic E-state index is 12.2. The van der Waals surface area contributed by atoms with E-state index in [0.717, 1.165) is 28.0 Å². The molecule has 32 heavy (non-hydrogen) atoms. The van der Waals surface area contributed by atoms with Crippen LogP contribution >= 0.6 is 0 Å². The third-order valence-electron chi connectivity index (χ3n) is 5.70. The standard InChI is InChI=1S/C22H23N7O3/c23-15(12-30)21(31)29-7-5-28(6-8-29)20-11-25-16-3-1-13(9-17(16)26-20)14-2-4-19-18(10-14)27-22(24)32-19/h1-4,9-11,15,30H,5-8,12,23H2,(H2,24,27)/t15-/m1/s1. The van der Waals surface area contributed by atoms with E-state index >= 15 is 0 Å². The Kier molecular flexibility index (Phi) is 5.08. The van der Waals surface area contributed by atoms with Crippen LogP contribution in [0, 0.1) is 0 Å². The molecule has 164 valence electrons. The van der Waals surface area contributed by atoms with Gasteiger partial charge in [-0.1, -0.05) is 12.1 Å². The predicted molar refractivity (Wildman–Crippen MR) is 121 cm³/mol. The molecule has 1 saturated heterocycles. The van der Waals surface area contributed by atoms with Gasteiger partial charge >= 0.3 is 0 Å². The number of oxazole rings is 1. The van der Waals surface area contributed by atoms with E-state index in [2.05, 4.69) is 14.9 Å². The highest BCUT2D eigenvalue weighted by Gasteiger charge is 2.25. The molecule has 3 heterocycles. The summed E-state index contributed by atoms with van der Waals surface area (Å²) in [5.74, 6) is 0.528. The van der Waals surface area contributed by atoms with Crippen LogP contribution in [0.3, 0.4) is 0 Å². The van der Waals surface area contributed by atoms with Crippen molar-refractivity contribution >= 4 is 39.9 Å². The fourth-order valence-corrected chi connectivity index (χ4v) is 3.93. The van der Waals surface area contributed by atoms with E-state index in [0.29, 0.717) is 37.3 Å². The molecule has 1 aliphatic rings. The molecule has 0 aliphatic carbocycles. The molecule has 0 radical (unpaired) electrons. The number of nitrogen functional groups attached to an aromatic ring is 1. The zero-order chi connectivity index (χ0) is 22.2. The minimum absolute atomic E-state index is 0.145. The summed E-state index contributed by atoms with van der Waals surface area (Å²) in [6, 6.07) is 10.9. The number of piperazine rings is 1. The first-order valence-corrected chi connectivity index (χ1v) is 10.4. The number of hydrogen-bond donors (Lipinski definition) is 3. The van der Waals surface area contributed by atoms with Crippen LogP contribution in [0.25, 0.3) is 33.3 Å². The molecule has 1 atom stereocenters. The molecule has 0 bridgehead atoms. The van der Waals surface area contributed by atoms with Crippen molar-refractivity contribution < 1.29 is 14.3 Å². The SMILES string of the molecule is Nc1nc2cc(-c3ccc4ncc(N5CCN(C(=O)[C@H](N)CO)CC5)nc4c3)ccc2o1. The first-order valence-electron chi connectivity index (χ1n) is 10.4. The molecule has 0 unspecified atom stereocenters. The van der Waals surface area contributed by atoms with Crippen molar-refractivity contribution in [2.45, 2.75) is 6.04 Å². The molecule has 0 spiro atoms. The second-order valence-corrected chi connectivity index (χ2v) is 7.77. The summed E-state index contributed by atoms with van der Waals surface area (Å²) >= 11 is 0. The molecule has 1 aliphatic heterocycles. The van der Waals surface area contributed by atoms with Crippen molar-refractivity contribution in [2.75, 3.05) is 43.4 Å². The topological polar surface area (TPSA) is 148 Å². The zero-order valence-electron chi connectivity index (χ0n) is 17.3. The molecule has 5 N–H and O–H groups in total. The first kappa shape index (κ1) is 20.2. The van der Waals surface area contributed by atoms with Gasteiger partial charge < -0.3 is 30.8 Å². The summed E-state index contributed by atoms with van der Waals surface area (Å²) < 4.78 is 5.35. The van der Waals surface area contributed by atoms with Crippen molar-refractivity contribution in [2.24, 2.45) is 5.73 Å². The first-order chi connectivity index (χ1) is 15.5. The summed E-state index contributed by atoms with van der Waals surface area (Å²) in [6.07, 6.45) is 1.75. The van der Waals surface area contributed by atoms with Gasteiger partial charge in [-0.25, -0.2) is 4.98 Å². The summed E-state index contributed by atoms with van der Waals surface area (Å²) in [7, 11) is 0. The number of rotatable bonds is 4. The number of aromatic nitrogens is 3. The van der Waals surface area contributed by atoms with Crippen molar-refractivity contribution in [1.82, 2.24) is 19.9 Å². The summed E-state index contributed by atoms with van der Waals surface area (Å²) in [6.45, 7) is 1.93. The molecule has 10 nitrogen and oxygen atoms in total. The molecular formula is C22H23N7O3. The number of amides is 1. The molecule has 1 fully saturated rings. The van der Waals surface area contributed by atoms with Crippen LogP contribution < -0.4 is 16.4 Å². The van der Waals surface area contributed by atoms with Gasteiger partial charge in [0.05, 0.1) is 23.8 Å². The Labute approximate surface area is 183 Å². The molecule has 2 aromatic carbocycles.